The van der Waals surface area contributed by atoms with E-state index in [9.17, 15) is 0 Å². The fourth-order valence-corrected chi connectivity index (χ4v) is 3.24. The van der Waals surface area contributed by atoms with Crippen LogP contribution in [0.5, 0.6) is 0 Å². The van der Waals surface area contributed by atoms with E-state index in [0.29, 0.717) is 24.3 Å². The lowest BCUT2D eigenvalue weighted by atomic mass is 10.0. The van der Waals surface area contributed by atoms with E-state index in [1.54, 1.807) is 14.0 Å². The third kappa shape index (κ3) is 5.47. The molecular formula is C17H24ClIN6O. The standard InChI is InChI=1S/C17H23ClN6O.HI/c1-12-21-16(23-25-12)10-20-17(19-2)22-13-6-5-9-24(11-13)15-8-4-3-7-14(15)18;/h3-4,7-8,13H,5-6,9-11H2,1-2H3,(H2,19,20,22);1H. The molecule has 0 radical (unpaired) electrons. The van der Waals surface area contributed by atoms with Crippen LogP contribution in [-0.4, -0.2) is 42.3 Å². The highest BCUT2D eigenvalue weighted by atomic mass is 127. The number of benzene rings is 1. The van der Waals surface area contributed by atoms with Gasteiger partial charge in [0.15, 0.2) is 11.8 Å². The van der Waals surface area contributed by atoms with Crippen molar-refractivity contribution in [2.75, 3.05) is 25.0 Å². The van der Waals surface area contributed by atoms with Crippen LogP contribution in [0.25, 0.3) is 0 Å². The van der Waals surface area contributed by atoms with Crippen molar-refractivity contribution in [2.45, 2.75) is 32.4 Å². The van der Waals surface area contributed by atoms with Gasteiger partial charge in [-0.15, -0.1) is 24.0 Å². The van der Waals surface area contributed by atoms with E-state index in [1.807, 2.05) is 18.2 Å². The molecule has 2 aromatic rings. The highest BCUT2D eigenvalue weighted by Crippen LogP contribution is 2.27. The maximum atomic E-state index is 6.34. The maximum absolute atomic E-state index is 6.34. The average Bonchev–Trinajstić information content (AvgIpc) is 3.04. The number of hydrogen-bond donors (Lipinski definition) is 2. The minimum absolute atomic E-state index is 0. The third-order valence-electron chi connectivity index (χ3n) is 4.16. The Morgan fingerprint density at radius 1 is 1.42 bits per heavy atom. The second-order valence-corrected chi connectivity index (χ2v) is 6.44. The summed E-state index contributed by atoms with van der Waals surface area (Å²) in [6, 6.07) is 8.27. The van der Waals surface area contributed by atoms with E-state index in [0.717, 1.165) is 42.6 Å². The smallest absolute Gasteiger partial charge is 0.223 e. The Bertz CT molecular complexity index is 738. The van der Waals surface area contributed by atoms with Gasteiger partial charge < -0.3 is 20.1 Å². The Kier molecular flexibility index (Phi) is 7.95. The van der Waals surface area contributed by atoms with Crippen LogP contribution in [-0.2, 0) is 6.54 Å². The Hall–Kier alpha value is -1.55. The summed E-state index contributed by atoms with van der Waals surface area (Å²) in [5.41, 5.74) is 1.08. The monoisotopic (exact) mass is 490 g/mol. The van der Waals surface area contributed by atoms with Crippen molar-refractivity contribution >= 4 is 47.2 Å². The first-order valence-corrected chi connectivity index (χ1v) is 8.79. The van der Waals surface area contributed by atoms with Gasteiger partial charge in [0.2, 0.25) is 5.89 Å². The number of rotatable bonds is 4. The number of aliphatic imine (C=N–C) groups is 1. The summed E-state index contributed by atoms with van der Waals surface area (Å²) in [6.45, 7) is 4.13. The Balaban J connectivity index is 0.00000243. The predicted molar refractivity (Wildman–Crippen MR) is 114 cm³/mol. The van der Waals surface area contributed by atoms with Gasteiger partial charge in [0, 0.05) is 33.1 Å². The fraction of sp³-hybridized carbons (Fsp3) is 0.471. The van der Waals surface area contributed by atoms with E-state index in [4.69, 9.17) is 16.1 Å². The molecule has 7 nitrogen and oxygen atoms in total. The zero-order chi connectivity index (χ0) is 17.6. The Morgan fingerprint density at radius 3 is 2.92 bits per heavy atom. The van der Waals surface area contributed by atoms with Crippen LogP contribution >= 0.6 is 35.6 Å². The van der Waals surface area contributed by atoms with E-state index in [1.165, 1.54) is 0 Å². The summed E-state index contributed by atoms with van der Waals surface area (Å²) in [5, 5.41) is 11.4. The summed E-state index contributed by atoms with van der Waals surface area (Å²) < 4.78 is 4.97. The summed E-state index contributed by atoms with van der Waals surface area (Å²) in [5.74, 6) is 1.90. The molecule has 26 heavy (non-hydrogen) atoms. The van der Waals surface area contributed by atoms with Crippen LogP contribution in [0.15, 0.2) is 33.8 Å². The third-order valence-corrected chi connectivity index (χ3v) is 4.48. The van der Waals surface area contributed by atoms with E-state index in [-0.39, 0.29) is 24.0 Å². The summed E-state index contributed by atoms with van der Waals surface area (Å²) >= 11 is 6.34. The fourth-order valence-electron chi connectivity index (χ4n) is 2.99. The van der Waals surface area contributed by atoms with Crippen LogP contribution < -0.4 is 15.5 Å². The zero-order valence-electron chi connectivity index (χ0n) is 14.9. The number of guanidine groups is 1. The molecule has 1 atom stereocenters. The van der Waals surface area contributed by atoms with Crippen LogP contribution in [0.4, 0.5) is 5.69 Å². The zero-order valence-corrected chi connectivity index (χ0v) is 18.0. The molecule has 0 bridgehead atoms. The first kappa shape index (κ1) is 20.8. The molecule has 2 N–H and O–H groups in total. The first-order valence-electron chi connectivity index (χ1n) is 8.41. The van der Waals surface area contributed by atoms with Crippen LogP contribution in [0.2, 0.25) is 5.02 Å². The SMILES string of the molecule is CN=C(NCc1noc(C)n1)NC1CCCN(c2ccccc2Cl)C1.I. The van der Waals surface area contributed by atoms with Gasteiger partial charge in [0.05, 0.1) is 17.3 Å². The predicted octanol–water partition coefficient (Wildman–Crippen LogP) is 2.98. The van der Waals surface area contributed by atoms with Crippen LogP contribution in [0.1, 0.15) is 24.6 Å². The average molecular weight is 491 g/mol. The van der Waals surface area contributed by atoms with Gasteiger partial charge in [-0.2, -0.15) is 4.98 Å². The Labute approximate surface area is 175 Å². The van der Waals surface area contributed by atoms with Crippen LogP contribution in [0.3, 0.4) is 0 Å². The van der Waals surface area contributed by atoms with Crippen molar-refractivity contribution in [1.29, 1.82) is 0 Å². The van der Waals surface area contributed by atoms with Gasteiger partial charge >= 0.3 is 0 Å². The molecule has 1 aromatic heterocycles. The molecule has 142 valence electrons. The summed E-state index contributed by atoms with van der Waals surface area (Å²) in [6.07, 6.45) is 2.19. The molecule has 1 aliphatic rings. The molecule has 0 saturated carbocycles. The van der Waals surface area contributed by atoms with E-state index < -0.39 is 0 Å². The van der Waals surface area contributed by atoms with Crippen LogP contribution in [0, 0.1) is 6.92 Å². The van der Waals surface area contributed by atoms with Gasteiger partial charge in [0.25, 0.3) is 0 Å². The minimum Gasteiger partial charge on any atom is -0.368 e. The molecule has 9 heteroatoms. The summed E-state index contributed by atoms with van der Waals surface area (Å²) in [4.78, 5) is 10.8. The second-order valence-electron chi connectivity index (χ2n) is 6.04. The summed E-state index contributed by atoms with van der Waals surface area (Å²) in [7, 11) is 1.76. The second kappa shape index (κ2) is 9.96. The number of para-hydroxylation sites is 1. The molecule has 0 spiro atoms. The molecule has 3 rings (SSSR count). The molecule has 2 heterocycles. The van der Waals surface area contributed by atoms with Crippen molar-refractivity contribution in [2.24, 2.45) is 4.99 Å². The first-order chi connectivity index (χ1) is 12.2. The number of aromatic nitrogens is 2. The highest BCUT2D eigenvalue weighted by molar-refractivity contribution is 14.0. The number of hydrogen-bond acceptors (Lipinski definition) is 5. The van der Waals surface area contributed by atoms with Crippen molar-refractivity contribution in [3.05, 3.63) is 41.0 Å². The maximum Gasteiger partial charge on any atom is 0.223 e. The number of aryl methyl sites for hydroxylation is 1. The van der Waals surface area contributed by atoms with Crippen molar-refractivity contribution in [3.8, 4) is 0 Å². The molecule has 1 aromatic carbocycles. The number of halogens is 2. The topological polar surface area (TPSA) is 78.6 Å². The molecule has 0 amide bonds. The number of piperidine rings is 1. The largest absolute Gasteiger partial charge is 0.368 e. The molecule has 0 aliphatic carbocycles. The van der Waals surface area contributed by atoms with Gasteiger partial charge in [-0.3, -0.25) is 4.99 Å². The molecule has 1 aliphatic heterocycles. The number of nitrogens with one attached hydrogen (secondary N) is 2. The molecule has 1 fully saturated rings. The van der Waals surface area contributed by atoms with Gasteiger partial charge in [-0.05, 0) is 25.0 Å². The van der Waals surface area contributed by atoms with Crippen molar-refractivity contribution in [3.63, 3.8) is 0 Å². The molecule has 1 unspecified atom stereocenters. The van der Waals surface area contributed by atoms with Gasteiger partial charge in [0.1, 0.15) is 0 Å². The highest BCUT2D eigenvalue weighted by Gasteiger charge is 2.22. The normalized spacial score (nSPS) is 17.6. The molecule has 1 saturated heterocycles. The van der Waals surface area contributed by atoms with Crippen molar-refractivity contribution in [1.82, 2.24) is 20.8 Å². The number of nitrogens with zero attached hydrogens (tertiary/aromatic N) is 4. The Morgan fingerprint density at radius 2 is 2.23 bits per heavy atom. The number of anilines is 1. The van der Waals surface area contributed by atoms with Gasteiger partial charge in [-0.25, -0.2) is 0 Å². The minimum atomic E-state index is 0. The lowest BCUT2D eigenvalue weighted by molar-refractivity contribution is 0.386. The van der Waals surface area contributed by atoms with E-state index in [2.05, 4.69) is 36.7 Å². The molecular weight excluding hydrogens is 467 g/mol. The lowest BCUT2D eigenvalue weighted by Gasteiger charge is -2.35. The quantitative estimate of drug-likeness (QED) is 0.390. The van der Waals surface area contributed by atoms with E-state index >= 15 is 0 Å². The van der Waals surface area contributed by atoms with Crippen molar-refractivity contribution < 1.29 is 4.52 Å². The lowest BCUT2D eigenvalue weighted by Crippen LogP contribution is -2.51. The van der Waals surface area contributed by atoms with Gasteiger partial charge in [-0.1, -0.05) is 28.9 Å².